The van der Waals surface area contributed by atoms with Crippen LogP contribution in [0.2, 0.25) is 0 Å². The first-order valence-electron chi connectivity index (χ1n) is 6.49. The summed E-state index contributed by atoms with van der Waals surface area (Å²) in [6.45, 7) is 2.07. The molecule has 0 atom stereocenters. The minimum atomic E-state index is -0.345. The van der Waals surface area contributed by atoms with Crippen LogP contribution in [0.4, 0.5) is 0 Å². The van der Waals surface area contributed by atoms with E-state index in [1.807, 2.05) is 0 Å². The molecule has 0 unspecified atom stereocenters. The largest absolute Gasteiger partial charge is 0.497 e. The van der Waals surface area contributed by atoms with Gasteiger partial charge in [0.15, 0.2) is 0 Å². The summed E-state index contributed by atoms with van der Waals surface area (Å²) in [5.74, 6) is 0.905. The molecule has 0 aliphatic carbocycles. The lowest BCUT2D eigenvalue weighted by molar-refractivity contribution is -0.144. The van der Waals surface area contributed by atoms with Crippen LogP contribution in [0.5, 0.6) is 11.5 Å². The third-order valence-corrected chi connectivity index (χ3v) is 2.80. The van der Waals surface area contributed by atoms with Gasteiger partial charge in [-0.2, -0.15) is 0 Å². The van der Waals surface area contributed by atoms with Gasteiger partial charge < -0.3 is 14.2 Å². The first-order chi connectivity index (χ1) is 9.60. The van der Waals surface area contributed by atoms with Gasteiger partial charge in [0.1, 0.15) is 17.3 Å². The predicted molar refractivity (Wildman–Crippen MR) is 74.1 cm³/mol. The molecule has 0 N–H and O–H groups in total. The first-order valence-corrected chi connectivity index (χ1v) is 6.49. The number of carbonyl (C=O) groups is 2. The van der Waals surface area contributed by atoms with Crippen molar-refractivity contribution in [3.8, 4) is 11.5 Å². The quantitative estimate of drug-likeness (QED) is 0.683. The van der Waals surface area contributed by atoms with Gasteiger partial charge >= 0.3 is 5.97 Å². The maximum Gasteiger partial charge on any atom is 0.306 e. The van der Waals surface area contributed by atoms with Crippen molar-refractivity contribution in [2.75, 3.05) is 20.8 Å². The Bertz CT molecular complexity index is 467. The van der Waals surface area contributed by atoms with Gasteiger partial charge in [-0.1, -0.05) is 6.07 Å². The van der Waals surface area contributed by atoms with E-state index in [0.29, 0.717) is 18.1 Å². The van der Waals surface area contributed by atoms with Crippen LogP contribution in [0.25, 0.3) is 0 Å². The summed E-state index contributed by atoms with van der Waals surface area (Å²) in [5.41, 5.74) is 0.780. The Labute approximate surface area is 118 Å². The van der Waals surface area contributed by atoms with Crippen LogP contribution in [0.1, 0.15) is 25.3 Å². The maximum absolute atomic E-state index is 11.8. The zero-order chi connectivity index (χ0) is 15.0. The lowest BCUT2D eigenvalue weighted by Gasteiger charge is -2.09. The van der Waals surface area contributed by atoms with Crippen LogP contribution in [0.3, 0.4) is 0 Å². The number of rotatable bonds is 8. The highest BCUT2D eigenvalue weighted by molar-refractivity contribution is 5.85. The van der Waals surface area contributed by atoms with Gasteiger partial charge in [0.2, 0.25) is 0 Å². The highest BCUT2D eigenvalue weighted by Crippen LogP contribution is 2.25. The first kappa shape index (κ1) is 16.0. The van der Waals surface area contributed by atoms with Gasteiger partial charge in [-0.05, 0) is 13.0 Å². The third-order valence-electron chi connectivity index (χ3n) is 2.80. The molecule has 5 heteroatoms. The van der Waals surface area contributed by atoms with E-state index in [-0.39, 0.29) is 31.0 Å². The normalized spacial score (nSPS) is 9.95. The number of esters is 1. The number of benzene rings is 1. The molecule has 0 saturated carbocycles. The summed E-state index contributed by atoms with van der Waals surface area (Å²) < 4.78 is 15.1. The fourth-order valence-electron chi connectivity index (χ4n) is 1.77. The summed E-state index contributed by atoms with van der Waals surface area (Å²) in [4.78, 5) is 23.0. The summed E-state index contributed by atoms with van der Waals surface area (Å²) in [7, 11) is 3.11. The molecule has 5 nitrogen and oxygen atoms in total. The molecule has 0 heterocycles. The van der Waals surface area contributed by atoms with E-state index in [2.05, 4.69) is 0 Å². The standard InChI is InChI=1S/C15H20O5/c1-4-20-15(17)8-6-12(16)9-11-5-7-13(18-2)10-14(11)19-3/h5,7,10H,4,6,8-9H2,1-3H3. The summed E-state index contributed by atoms with van der Waals surface area (Å²) in [5, 5.41) is 0. The van der Waals surface area contributed by atoms with Gasteiger partial charge in [0.25, 0.3) is 0 Å². The minimum absolute atomic E-state index is 0.0264. The number of carbonyl (C=O) groups excluding carboxylic acids is 2. The van der Waals surface area contributed by atoms with Crippen LogP contribution in [0.15, 0.2) is 18.2 Å². The Morgan fingerprint density at radius 2 is 1.85 bits per heavy atom. The fraction of sp³-hybridized carbons (Fsp3) is 0.467. The number of Topliss-reactive ketones (excluding diaryl/α,β-unsaturated/α-hetero) is 1. The molecule has 0 fully saturated rings. The maximum atomic E-state index is 11.8. The number of hydrogen-bond donors (Lipinski definition) is 0. The van der Waals surface area contributed by atoms with Crippen molar-refractivity contribution in [2.45, 2.75) is 26.2 Å². The Balaban J connectivity index is 2.59. The molecule has 0 aromatic heterocycles. The third kappa shape index (κ3) is 4.91. The molecule has 110 valence electrons. The molecule has 0 saturated heterocycles. The molecule has 0 spiro atoms. The van der Waals surface area contributed by atoms with Gasteiger partial charge in [-0.15, -0.1) is 0 Å². The van der Waals surface area contributed by atoms with Crippen molar-refractivity contribution in [1.82, 2.24) is 0 Å². The van der Waals surface area contributed by atoms with Crippen LogP contribution >= 0.6 is 0 Å². The summed E-state index contributed by atoms with van der Waals surface area (Å²) in [6, 6.07) is 5.30. The van der Waals surface area contributed by atoms with Crippen molar-refractivity contribution >= 4 is 11.8 Å². The molecule has 1 rings (SSSR count). The van der Waals surface area contributed by atoms with Gasteiger partial charge in [-0.25, -0.2) is 0 Å². The van der Waals surface area contributed by atoms with E-state index in [0.717, 1.165) is 5.56 Å². The van der Waals surface area contributed by atoms with Crippen molar-refractivity contribution in [2.24, 2.45) is 0 Å². The van der Waals surface area contributed by atoms with Crippen LogP contribution < -0.4 is 9.47 Å². The molecule has 0 radical (unpaired) electrons. The van der Waals surface area contributed by atoms with E-state index in [4.69, 9.17) is 14.2 Å². The topological polar surface area (TPSA) is 61.8 Å². The van der Waals surface area contributed by atoms with Crippen molar-refractivity contribution < 1.29 is 23.8 Å². The smallest absolute Gasteiger partial charge is 0.306 e. The van der Waals surface area contributed by atoms with Crippen LogP contribution in [-0.4, -0.2) is 32.6 Å². The number of hydrogen-bond acceptors (Lipinski definition) is 5. The van der Waals surface area contributed by atoms with Crippen LogP contribution in [0, 0.1) is 0 Å². The number of ether oxygens (including phenoxy) is 3. The molecular formula is C15H20O5. The van der Waals surface area contributed by atoms with Crippen LogP contribution in [-0.2, 0) is 20.7 Å². The molecule has 0 amide bonds. The molecule has 1 aromatic carbocycles. The van der Waals surface area contributed by atoms with Crippen molar-refractivity contribution in [3.63, 3.8) is 0 Å². The lowest BCUT2D eigenvalue weighted by Crippen LogP contribution is -2.10. The molecule has 20 heavy (non-hydrogen) atoms. The highest BCUT2D eigenvalue weighted by Gasteiger charge is 2.12. The number of methoxy groups -OCH3 is 2. The van der Waals surface area contributed by atoms with E-state index in [1.54, 1.807) is 39.3 Å². The molecule has 0 bridgehead atoms. The second-order valence-electron chi connectivity index (χ2n) is 4.20. The van der Waals surface area contributed by atoms with E-state index in [1.165, 1.54) is 0 Å². The second kappa shape index (κ2) is 8.19. The molecule has 0 aliphatic rings. The molecule has 0 aliphatic heterocycles. The summed E-state index contributed by atoms with van der Waals surface area (Å²) >= 11 is 0. The zero-order valence-electron chi connectivity index (χ0n) is 12.1. The summed E-state index contributed by atoms with van der Waals surface area (Å²) in [6.07, 6.45) is 0.520. The molecule has 1 aromatic rings. The van der Waals surface area contributed by atoms with Crippen molar-refractivity contribution in [3.05, 3.63) is 23.8 Å². The van der Waals surface area contributed by atoms with Gasteiger partial charge in [0, 0.05) is 24.5 Å². The Morgan fingerprint density at radius 1 is 1.10 bits per heavy atom. The van der Waals surface area contributed by atoms with E-state index < -0.39 is 0 Å². The second-order valence-corrected chi connectivity index (χ2v) is 4.20. The molecular weight excluding hydrogens is 260 g/mol. The average molecular weight is 280 g/mol. The SMILES string of the molecule is CCOC(=O)CCC(=O)Cc1ccc(OC)cc1OC. The Hall–Kier alpha value is -2.04. The Morgan fingerprint density at radius 3 is 2.45 bits per heavy atom. The van der Waals surface area contributed by atoms with E-state index in [9.17, 15) is 9.59 Å². The van der Waals surface area contributed by atoms with Gasteiger partial charge in [0.05, 0.1) is 27.2 Å². The Kier molecular flexibility index (Phi) is 6.56. The van der Waals surface area contributed by atoms with E-state index >= 15 is 0 Å². The fourth-order valence-corrected chi connectivity index (χ4v) is 1.77. The number of ketones is 1. The average Bonchev–Trinajstić information content (AvgIpc) is 2.46. The highest BCUT2D eigenvalue weighted by atomic mass is 16.5. The minimum Gasteiger partial charge on any atom is -0.497 e. The zero-order valence-corrected chi connectivity index (χ0v) is 12.1. The lowest BCUT2D eigenvalue weighted by atomic mass is 10.0. The van der Waals surface area contributed by atoms with Gasteiger partial charge in [-0.3, -0.25) is 9.59 Å². The van der Waals surface area contributed by atoms with Crippen molar-refractivity contribution in [1.29, 1.82) is 0 Å². The predicted octanol–water partition coefficient (Wildman–Crippen LogP) is 2.16. The monoisotopic (exact) mass is 280 g/mol.